The number of hydrogen-bond acceptors (Lipinski definition) is 2. The van der Waals surface area contributed by atoms with Crippen molar-refractivity contribution in [3.05, 3.63) is 64.6 Å². The number of halogens is 1. The van der Waals surface area contributed by atoms with Gasteiger partial charge in [0.25, 0.3) is 0 Å². The number of aryl methyl sites for hydroxylation is 1. The summed E-state index contributed by atoms with van der Waals surface area (Å²) in [6, 6.07) is 11.8. The highest BCUT2D eigenvalue weighted by molar-refractivity contribution is 6.31. The monoisotopic (exact) mass is 257 g/mol. The Labute approximate surface area is 110 Å². The molecule has 3 aromatic rings. The SMILES string of the molecule is Cc1ccc2nc(Cc3ccccc3Cl)nn2c1. The molecule has 4 heteroatoms. The molecule has 18 heavy (non-hydrogen) atoms. The molecule has 2 aromatic heterocycles. The molecule has 0 bridgehead atoms. The summed E-state index contributed by atoms with van der Waals surface area (Å²) in [6.07, 6.45) is 2.62. The van der Waals surface area contributed by atoms with Crippen LogP contribution in [0.1, 0.15) is 17.0 Å². The van der Waals surface area contributed by atoms with E-state index in [1.54, 1.807) is 0 Å². The zero-order chi connectivity index (χ0) is 12.5. The van der Waals surface area contributed by atoms with Gasteiger partial charge < -0.3 is 0 Å². The van der Waals surface area contributed by atoms with Gasteiger partial charge in [0, 0.05) is 17.6 Å². The highest BCUT2D eigenvalue weighted by Gasteiger charge is 2.06. The Morgan fingerprint density at radius 1 is 1.17 bits per heavy atom. The average Bonchev–Trinajstić information content (AvgIpc) is 2.73. The maximum atomic E-state index is 6.14. The molecule has 0 amide bonds. The molecule has 3 rings (SSSR count). The van der Waals surface area contributed by atoms with Crippen molar-refractivity contribution in [2.45, 2.75) is 13.3 Å². The van der Waals surface area contributed by atoms with Crippen molar-refractivity contribution < 1.29 is 0 Å². The number of aromatic nitrogens is 3. The molecule has 90 valence electrons. The third kappa shape index (κ3) is 2.09. The molecule has 0 radical (unpaired) electrons. The first kappa shape index (κ1) is 11.2. The molecule has 0 N–H and O–H groups in total. The van der Waals surface area contributed by atoms with Crippen molar-refractivity contribution in [1.29, 1.82) is 0 Å². The third-order valence-electron chi connectivity index (χ3n) is 2.83. The zero-order valence-electron chi connectivity index (χ0n) is 9.97. The summed E-state index contributed by atoms with van der Waals surface area (Å²) in [5.74, 6) is 0.786. The lowest BCUT2D eigenvalue weighted by atomic mass is 10.1. The molecule has 1 aromatic carbocycles. The van der Waals surface area contributed by atoms with E-state index in [0.29, 0.717) is 6.42 Å². The number of pyridine rings is 1. The van der Waals surface area contributed by atoms with Gasteiger partial charge in [0.2, 0.25) is 0 Å². The van der Waals surface area contributed by atoms with E-state index in [0.717, 1.165) is 27.6 Å². The van der Waals surface area contributed by atoms with Crippen LogP contribution >= 0.6 is 11.6 Å². The van der Waals surface area contributed by atoms with Crippen molar-refractivity contribution >= 4 is 17.2 Å². The Morgan fingerprint density at radius 2 is 2.00 bits per heavy atom. The average molecular weight is 258 g/mol. The van der Waals surface area contributed by atoms with Crippen LogP contribution < -0.4 is 0 Å². The molecule has 0 saturated carbocycles. The molecule has 0 spiro atoms. The normalized spacial score (nSPS) is 11.0. The minimum absolute atomic E-state index is 0.653. The maximum absolute atomic E-state index is 6.14. The fourth-order valence-corrected chi connectivity index (χ4v) is 2.12. The lowest BCUT2D eigenvalue weighted by molar-refractivity contribution is 0.895. The van der Waals surface area contributed by atoms with Crippen molar-refractivity contribution in [3.63, 3.8) is 0 Å². The van der Waals surface area contributed by atoms with Gasteiger partial charge in [-0.2, -0.15) is 5.10 Å². The first-order valence-corrected chi connectivity index (χ1v) is 6.15. The van der Waals surface area contributed by atoms with Crippen LogP contribution in [0, 0.1) is 6.92 Å². The van der Waals surface area contributed by atoms with Crippen LogP contribution in [0.5, 0.6) is 0 Å². The molecule has 0 fully saturated rings. The van der Waals surface area contributed by atoms with E-state index in [2.05, 4.69) is 10.1 Å². The van der Waals surface area contributed by atoms with E-state index < -0.39 is 0 Å². The Kier molecular flexibility index (Phi) is 2.76. The Balaban J connectivity index is 1.98. The molecule has 2 heterocycles. The Bertz CT molecular complexity index is 703. The summed E-state index contributed by atoms with van der Waals surface area (Å²) >= 11 is 6.14. The standard InChI is InChI=1S/C14H12ClN3/c1-10-6-7-14-16-13(17-18(14)9-10)8-11-4-2-3-5-12(11)15/h2-7,9H,8H2,1H3. The number of nitrogens with zero attached hydrogens (tertiary/aromatic N) is 3. The summed E-state index contributed by atoms with van der Waals surface area (Å²) in [4.78, 5) is 4.48. The van der Waals surface area contributed by atoms with Gasteiger partial charge in [-0.1, -0.05) is 35.9 Å². The minimum atomic E-state index is 0.653. The third-order valence-corrected chi connectivity index (χ3v) is 3.20. The number of benzene rings is 1. The second kappa shape index (κ2) is 4.42. The summed E-state index contributed by atoms with van der Waals surface area (Å²) in [5, 5.41) is 5.21. The van der Waals surface area contributed by atoms with Crippen LogP contribution in [-0.4, -0.2) is 14.6 Å². The van der Waals surface area contributed by atoms with Crippen LogP contribution in [0.2, 0.25) is 5.02 Å². The van der Waals surface area contributed by atoms with Crippen LogP contribution in [-0.2, 0) is 6.42 Å². The molecule has 3 nitrogen and oxygen atoms in total. The molecular formula is C14H12ClN3. The van der Waals surface area contributed by atoms with Crippen molar-refractivity contribution in [3.8, 4) is 0 Å². The molecule has 0 unspecified atom stereocenters. The van der Waals surface area contributed by atoms with Crippen LogP contribution in [0.15, 0.2) is 42.6 Å². The number of rotatable bonds is 2. The smallest absolute Gasteiger partial charge is 0.156 e. The topological polar surface area (TPSA) is 30.2 Å². The first-order chi connectivity index (χ1) is 8.72. The molecule has 0 aliphatic carbocycles. The van der Waals surface area contributed by atoms with Gasteiger partial charge in [0.15, 0.2) is 11.5 Å². The van der Waals surface area contributed by atoms with Gasteiger partial charge in [0.1, 0.15) is 0 Å². The quantitative estimate of drug-likeness (QED) is 0.705. The Hall–Kier alpha value is -1.87. The largest absolute Gasteiger partial charge is 0.221 e. The van der Waals surface area contributed by atoms with E-state index in [-0.39, 0.29) is 0 Å². The highest BCUT2D eigenvalue weighted by atomic mass is 35.5. The molecule has 0 aliphatic rings. The van der Waals surface area contributed by atoms with E-state index in [1.807, 2.05) is 54.0 Å². The predicted octanol–water partition coefficient (Wildman–Crippen LogP) is 3.28. The molecule has 0 atom stereocenters. The fraction of sp³-hybridized carbons (Fsp3) is 0.143. The summed E-state index contributed by atoms with van der Waals surface area (Å²) in [5.41, 5.74) is 3.08. The van der Waals surface area contributed by atoms with Gasteiger partial charge in [0.05, 0.1) is 0 Å². The van der Waals surface area contributed by atoms with E-state index >= 15 is 0 Å². The second-order valence-corrected chi connectivity index (χ2v) is 4.71. The lowest BCUT2D eigenvalue weighted by Gasteiger charge is -1.99. The highest BCUT2D eigenvalue weighted by Crippen LogP contribution is 2.17. The summed E-state index contributed by atoms with van der Waals surface area (Å²) < 4.78 is 1.81. The van der Waals surface area contributed by atoms with Crippen molar-refractivity contribution in [2.24, 2.45) is 0 Å². The van der Waals surface area contributed by atoms with Gasteiger partial charge in [-0.25, -0.2) is 9.50 Å². The fourth-order valence-electron chi connectivity index (χ4n) is 1.92. The Morgan fingerprint density at radius 3 is 2.83 bits per heavy atom. The number of hydrogen-bond donors (Lipinski definition) is 0. The zero-order valence-corrected chi connectivity index (χ0v) is 10.7. The first-order valence-electron chi connectivity index (χ1n) is 5.78. The van der Waals surface area contributed by atoms with Crippen molar-refractivity contribution in [1.82, 2.24) is 14.6 Å². The van der Waals surface area contributed by atoms with Gasteiger partial charge in [-0.3, -0.25) is 0 Å². The van der Waals surface area contributed by atoms with Gasteiger partial charge >= 0.3 is 0 Å². The molecule has 0 saturated heterocycles. The second-order valence-electron chi connectivity index (χ2n) is 4.31. The summed E-state index contributed by atoms with van der Waals surface area (Å²) in [6.45, 7) is 2.04. The number of fused-ring (bicyclic) bond motifs is 1. The van der Waals surface area contributed by atoms with Crippen LogP contribution in [0.4, 0.5) is 0 Å². The van der Waals surface area contributed by atoms with Gasteiger partial charge in [-0.15, -0.1) is 0 Å². The van der Waals surface area contributed by atoms with Crippen LogP contribution in [0.3, 0.4) is 0 Å². The van der Waals surface area contributed by atoms with E-state index in [1.165, 1.54) is 0 Å². The maximum Gasteiger partial charge on any atom is 0.156 e. The van der Waals surface area contributed by atoms with E-state index in [9.17, 15) is 0 Å². The minimum Gasteiger partial charge on any atom is -0.221 e. The van der Waals surface area contributed by atoms with E-state index in [4.69, 9.17) is 11.6 Å². The predicted molar refractivity (Wildman–Crippen MR) is 72.0 cm³/mol. The summed E-state index contributed by atoms with van der Waals surface area (Å²) in [7, 11) is 0. The van der Waals surface area contributed by atoms with Crippen molar-refractivity contribution in [2.75, 3.05) is 0 Å². The molecular weight excluding hydrogens is 246 g/mol. The molecule has 0 aliphatic heterocycles. The lowest BCUT2D eigenvalue weighted by Crippen LogP contribution is -1.93. The van der Waals surface area contributed by atoms with Gasteiger partial charge in [-0.05, 0) is 30.2 Å². The van der Waals surface area contributed by atoms with Crippen LogP contribution in [0.25, 0.3) is 5.65 Å².